The highest BCUT2D eigenvalue weighted by atomic mass is 32.2. The van der Waals surface area contributed by atoms with Gasteiger partial charge in [-0.1, -0.05) is 19.1 Å². The third kappa shape index (κ3) is 4.19. The van der Waals surface area contributed by atoms with E-state index in [0.717, 1.165) is 25.2 Å². The third-order valence-electron chi connectivity index (χ3n) is 4.17. The Hall–Kier alpha value is -1.79. The van der Waals surface area contributed by atoms with Gasteiger partial charge in [-0.2, -0.15) is 5.10 Å². The van der Waals surface area contributed by atoms with Crippen molar-refractivity contribution in [1.29, 1.82) is 0 Å². The van der Waals surface area contributed by atoms with E-state index in [4.69, 9.17) is 0 Å². The minimum absolute atomic E-state index is 0.129. The van der Waals surface area contributed by atoms with Gasteiger partial charge in [0.2, 0.25) is 5.91 Å². The van der Waals surface area contributed by atoms with Gasteiger partial charge in [0.25, 0.3) is 0 Å². The molecule has 2 atom stereocenters. The SMILES string of the molecule is CC(Cn1cccn1)NCC(=O)N1CCC(C)Sc2ccccc21. The van der Waals surface area contributed by atoms with E-state index in [2.05, 4.69) is 30.3 Å². The second-order valence-electron chi connectivity index (χ2n) is 6.24. The maximum absolute atomic E-state index is 12.8. The van der Waals surface area contributed by atoms with Crippen LogP contribution >= 0.6 is 11.8 Å². The van der Waals surface area contributed by atoms with E-state index in [1.54, 1.807) is 6.20 Å². The number of rotatable bonds is 5. The van der Waals surface area contributed by atoms with Crippen LogP contribution in [0.4, 0.5) is 5.69 Å². The van der Waals surface area contributed by atoms with Crippen LogP contribution in [0.25, 0.3) is 0 Å². The topological polar surface area (TPSA) is 50.2 Å². The van der Waals surface area contributed by atoms with Gasteiger partial charge in [0, 0.05) is 35.1 Å². The van der Waals surface area contributed by atoms with Crippen LogP contribution in [0.5, 0.6) is 0 Å². The van der Waals surface area contributed by atoms with Crippen LogP contribution in [0.2, 0.25) is 0 Å². The standard InChI is InChI=1S/C18H24N4OS/c1-14(13-21-10-5-9-20-21)19-12-18(23)22-11-8-15(2)24-17-7-4-3-6-16(17)22/h3-7,9-10,14-15,19H,8,11-13H2,1-2H3. The molecule has 1 aliphatic rings. The molecular formula is C18H24N4OS. The summed E-state index contributed by atoms with van der Waals surface area (Å²) < 4.78 is 1.88. The van der Waals surface area contributed by atoms with Gasteiger partial charge >= 0.3 is 0 Å². The highest BCUT2D eigenvalue weighted by Gasteiger charge is 2.24. The minimum atomic E-state index is 0.129. The fraction of sp³-hybridized carbons (Fsp3) is 0.444. The number of nitrogens with one attached hydrogen (secondary N) is 1. The molecule has 128 valence electrons. The van der Waals surface area contributed by atoms with E-state index < -0.39 is 0 Å². The Kier molecular flexibility index (Phi) is 5.58. The zero-order chi connectivity index (χ0) is 16.9. The largest absolute Gasteiger partial charge is 0.310 e. The van der Waals surface area contributed by atoms with Crippen molar-refractivity contribution >= 4 is 23.4 Å². The molecule has 0 aliphatic carbocycles. The van der Waals surface area contributed by atoms with Crippen LogP contribution in [0.15, 0.2) is 47.6 Å². The van der Waals surface area contributed by atoms with Gasteiger partial charge < -0.3 is 10.2 Å². The van der Waals surface area contributed by atoms with Gasteiger partial charge in [0.05, 0.1) is 18.8 Å². The summed E-state index contributed by atoms with van der Waals surface area (Å²) in [5.74, 6) is 0.129. The summed E-state index contributed by atoms with van der Waals surface area (Å²) in [6, 6.07) is 10.3. The lowest BCUT2D eigenvalue weighted by molar-refractivity contribution is -0.118. The Morgan fingerprint density at radius 1 is 1.42 bits per heavy atom. The fourth-order valence-electron chi connectivity index (χ4n) is 2.86. The van der Waals surface area contributed by atoms with E-state index in [9.17, 15) is 4.79 Å². The summed E-state index contributed by atoms with van der Waals surface area (Å²) in [4.78, 5) is 15.9. The molecule has 2 unspecified atom stereocenters. The minimum Gasteiger partial charge on any atom is -0.310 e. The molecule has 0 spiro atoms. The Bertz CT molecular complexity index is 673. The predicted molar refractivity (Wildman–Crippen MR) is 98.4 cm³/mol. The van der Waals surface area contributed by atoms with Crippen molar-refractivity contribution in [1.82, 2.24) is 15.1 Å². The van der Waals surface area contributed by atoms with Crippen molar-refractivity contribution < 1.29 is 4.79 Å². The third-order valence-corrected chi connectivity index (χ3v) is 5.40. The van der Waals surface area contributed by atoms with Crippen molar-refractivity contribution in [3.8, 4) is 0 Å². The van der Waals surface area contributed by atoms with Crippen LogP contribution in [0, 0.1) is 0 Å². The van der Waals surface area contributed by atoms with Crippen LogP contribution < -0.4 is 10.2 Å². The van der Waals surface area contributed by atoms with Gasteiger partial charge in [-0.15, -0.1) is 11.8 Å². The first kappa shape index (κ1) is 17.0. The van der Waals surface area contributed by atoms with Crippen molar-refractivity contribution in [2.75, 3.05) is 18.0 Å². The number of carbonyl (C=O) groups excluding carboxylic acids is 1. The van der Waals surface area contributed by atoms with E-state index in [0.29, 0.717) is 11.8 Å². The Balaban J connectivity index is 1.62. The van der Waals surface area contributed by atoms with Crippen molar-refractivity contribution in [3.05, 3.63) is 42.7 Å². The number of carbonyl (C=O) groups is 1. The number of anilines is 1. The van der Waals surface area contributed by atoms with Crippen LogP contribution in [0.1, 0.15) is 20.3 Å². The molecule has 1 amide bonds. The lowest BCUT2D eigenvalue weighted by Gasteiger charge is -2.24. The number of amides is 1. The average molecular weight is 344 g/mol. The number of benzene rings is 1. The normalized spacial score (nSPS) is 18.8. The van der Waals surface area contributed by atoms with Gasteiger partial charge in [0.1, 0.15) is 0 Å². The maximum atomic E-state index is 12.8. The molecule has 5 nitrogen and oxygen atoms in total. The molecule has 3 rings (SSSR count). The van der Waals surface area contributed by atoms with E-state index in [1.807, 2.05) is 51.8 Å². The summed E-state index contributed by atoms with van der Waals surface area (Å²) in [6.07, 6.45) is 4.71. The Morgan fingerprint density at radius 3 is 3.04 bits per heavy atom. The molecule has 1 N–H and O–H groups in total. The molecule has 0 bridgehead atoms. The van der Waals surface area contributed by atoms with Crippen LogP contribution in [-0.4, -0.2) is 40.1 Å². The van der Waals surface area contributed by atoms with E-state index >= 15 is 0 Å². The summed E-state index contributed by atoms with van der Waals surface area (Å²) in [5.41, 5.74) is 1.04. The molecule has 1 aromatic heterocycles. The van der Waals surface area contributed by atoms with Gasteiger partial charge in [-0.25, -0.2) is 0 Å². The molecule has 1 aliphatic heterocycles. The van der Waals surface area contributed by atoms with Gasteiger partial charge in [-0.3, -0.25) is 9.48 Å². The first-order chi connectivity index (χ1) is 11.6. The fourth-order valence-corrected chi connectivity index (χ4v) is 3.97. The quantitative estimate of drug-likeness (QED) is 0.906. The number of hydrogen-bond acceptors (Lipinski definition) is 4. The lowest BCUT2D eigenvalue weighted by Crippen LogP contribution is -2.42. The zero-order valence-corrected chi connectivity index (χ0v) is 15.0. The second kappa shape index (κ2) is 7.85. The van der Waals surface area contributed by atoms with Crippen molar-refractivity contribution in [2.45, 2.75) is 43.0 Å². The molecule has 0 saturated heterocycles. The summed E-state index contributed by atoms with van der Waals surface area (Å²) >= 11 is 1.86. The first-order valence-electron chi connectivity index (χ1n) is 8.40. The van der Waals surface area contributed by atoms with Crippen molar-refractivity contribution in [2.24, 2.45) is 0 Å². The zero-order valence-electron chi connectivity index (χ0n) is 14.2. The number of nitrogens with zero attached hydrogens (tertiary/aromatic N) is 3. The van der Waals surface area contributed by atoms with Gasteiger partial charge in [-0.05, 0) is 31.5 Å². The number of hydrogen-bond donors (Lipinski definition) is 1. The lowest BCUT2D eigenvalue weighted by atomic mass is 10.2. The molecular weight excluding hydrogens is 320 g/mol. The first-order valence-corrected chi connectivity index (χ1v) is 9.28. The van der Waals surface area contributed by atoms with E-state index in [1.165, 1.54) is 4.90 Å². The molecule has 6 heteroatoms. The summed E-state index contributed by atoms with van der Waals surface area (Å²) in [6.45, 7) is 6.17. The maximum Gasteiger partial charge on any atom is 0.240 e. The molecule has 0 radical (unpaired) electrons. The van der Waals surface area contributed by atoms with Crippen LogP contribution in [-0.2, 0) is 11.3 Å². The average Bonchev–Trinajstić information content (AvgIpc) is 3.01. The van der Waals surface area contributed by atoms with E-state index in [-0.39, 0.29) is 11.9 Å². The molecule has 2 heterocycles. The second-order valence-corrected chi connectivity index (χ2v) is 7.72. The highest BCUT2D eigenvalue weighted by molar-refractivity contribution is 8.00. The smallest absolute Gasteiger partial charge is 0.240 e. The molecule has 24 heavy (non-hydrogen) atoms. The van der Waals surface area contributed by atoms with Crippen LogP contribution in [0.3, 0.4) is 0 Å². The summed E-state index contributed by atoms with van der Waals surface area (Å²) in [7, 11) is 0. The molecule has 1 aromatic carbocycles. The molecule has 0 saturated carbocycles. The number of aromatic nitrogens is 2. The predicted octanol–water partition coefficient (Wildman–Crippen LogP) is 2.78. The molecule has 0 fully saturated rings. The monoisotopic (exact) mass is 344 g/mol. The molecule has 2 aromatic rings. The Labute approximate surface area is 147 Å². The number of para-hydroxylation sites is 1. The van der Waals surface area contributed by atoms with Crippen molar-refractivity contribution in [3.63, 3.8) is 0 Å². The van der Waals surface area contributed by atoms with Gasteiger partial charge in [0.15, 0.2) is 0 Å². The Morgan fingerprint density at radius 2 is 2.25 bits per heavy atom. The number of fused-ring (bicyclic) bond motifs is 1. The number of thioether (sulfide) groups is 1. The highest BCUT2D eigenvalue weighted by Crippen LogP contribution is 2.37. The summed E-state index contributed by atoms with van der Waals surface area (Å²) in [5, 5.41) is 8.05.